The van der Waals surface area contributed by atoms with Gasteiger partial charge in [-0.25, -0.2) is 0 Å². The molecular formula is C27H31N5O3. The zero-order valence-corrected chi connectivity index (χ0v) is 21.0. The SMILES string of the molecule is Cc1c(-c2noc(-c3ccc(OC(C)C)c(C#N)c3)n2)ccc2c1CCN(CCC(=O)N(C)C)C2. The first-order valence-electron chi connectivity index (χ1n) is 11.9. The van der Waals surface area contributed by atoms with Gasteiger partial charge in [0.15, 0.2) is 0 Å². The quantitative estimate of drug-likeness (QED) is 0.507. The van der Waals surface area contributed by atoms with Gasteiger partial charge in [0, 0.05) is 51.3 Å². The highest BCUT2D eigenvalue weighted by molar-refractivity contribution is 5.75. The zero-order valence-electron chi connectivity index (χ0n) is 21.0. The van der Waals surface area contributed by atoms with Crippen LogP contribution in [0.25, 0.3) is 22.8 Å². The number of carbonyl (C=O) groups excluding carboxylic acids is 1. The fraction of sp³-hybridized carbons (Fsp3) is 0.407. The highest BCUT2D eigenvalue weighted by Crippen LogP contribution is 2.32. The molecule has 182 valence electrons. The Hall–Kier alpha value is -3.70. The molecule has 1 aromatic heterocycles. The minimum Gasteiger partial charge on any atom is -0.490 e. The van der Waals surface area contributed by atoms with Crippen LogP contribution in [0.4, 0.5) is 0 Å². The van der Waals surface area contributed by atoms with Gasteiger partial charge in [-0.3, -0.25) is 9.69 Å². The molecule has 2 aromatic carbocycles. The van der Waals surface area contributed by atoms with Crippen LogP contribution in [-0.2, 0) is 17.8 Å². The van der Waals surface area contributed by atoms with E-state index in [9.17, 15) is 10.1 Å². The number of nitrogens with zero attached hydrogens (tertiary/aromatic N) is 5. The number of carbonyl (C=O) groups is 1. The molecule has 0 atom stereocenters. The summed E-state index contributed by atoms with van der Waals surface area (Å²) in [7, 11) is 3.58. The van der Waals surface area contributed by atoms with Crippen molar-refractivity contribution in [1.82, 2.24) is 19.9 Å². The lowest BCUT2D eigenvalue weighted by Gasteiger charge is -2.30. The molecule has 8 nitrogen and oxygen atoms in total. The summed E-state index contributed by atoms with van der Waals surface area (Å²) in [5, 5.41) is 13.7. The van der Waals surface area contributed by atoms with Gasteiger partial charge in [-0.2, -0.15) is 10.2 Å². The summed E-state index contributed by atoms with van der Waals surface area (Å²) in [5.74, 6) is 1.58. The summed E-state index contributed by atoms with van der Waals surface area (Å²) in [5.41, 5.74) is 5.78. The van der Waals surface area contributed by atoms with E-state index in [2.05, 4.69) is 34.1 Å². The van der Waals surface area contributed by atoms with Gasteiger partial charge < -0.3 is 14.2 Å². The number of hydrogen-bond acceptors (Lipinski definition) is 7. The molecule has 1 amide bonds. The molecular weight excluding hydrogens is 442 g/mol. The van der Waals surface area contributed by atoms with Crippen LogP contribution in [0.3, 0.4) is 0 Å². The summed E-state index contributed by atoms with van der Waals surface area (Å²) in [6, 6.07) is 11.6. The molecule has 0 N–H and O–H groups in total. The van der Waals surface area contributed by atoms with Crippen LogP contribution in [-0.4, -0.2) is 59.1 Å². The molecule has 2 heterocycles. The van der Waals surface area contributed by atoms with E-state index in [1.165, 1.54) is 11.1 Å². The van der Waals surface area contributed by atoms with Crippen LogP contribution < -0.4 is 4.74 Å². The Labute approximate surface area is 206 Å². The van der Waals surface area contributed by atoms with Crippen molar-refractivity contribution in [3.8, 4) is 34.7 Å². The molecule has 1 aliphatic rings. The Morgan fingerprint density at radius 2 is 2.09 bits per heavy atom. The smallest absolute Gasteiger partial charge is 0.258 e. The van der Waals surface area contributed by atoms with Gasteiger partial charge in [0.1, 0.15) is 11.8 Å². The lowest BCUT2D eigenvalue weighted by atomic mass is 9.91. The van der Waals surface area contributed by atoms with E-state index in [-0.39, 0.29) is 12.0 Å². The monoisotopic (exact) mass is 473 g/mol. The molecule has 0 saturated carbocycles. The average molecular weight is 474 g/mol. The van der Waals surface area contributed by atoms with Crippen molar-refractivity contribution >= 4 is 5.91 Å². The molecule has 0 unspecified atom stereocenters. The Kier molecular flexibility index (Phi) is 7.17. The van der Waals surface area contributed by atoms with Gasteiger partial charge in [-0.1, -0.05) is 17.3 Å². The Bertz CT molecular complexity index is 1270. The van der Waals surface area contributed by atoms with Crippen molar-refractivity contribution in [2.24, 2.45) is 0 Å². The zero-order chi connectivity index (χ0) is 25.1. The molecule has 4 rings (SSSR count). The molecule has 35 heavy (non-hydrogen) atoms. The lowest BCUT2D eigenvalue weighted by molar-refractivity contribution is -0.129. The van der Waals surface area contributed by atoms with E-state index < -0.39 is 0 Å². The van der Waals surface area contributed by atoms with Crippen LogP contribution >= 0.6 is 0 Å². The molecule has 0 fully saturated rings. The van der Waals surface area contributed by atoms with Crippen molar-refractivity contribution in [2.45, 2.75) is 46.3 Å². The maximum atomic E-state index is 11.9. The van der Waals surface area contributed by atoms with Crippen LogP contribution in [0.5, 0.6) is 5.75 Å². The largest absolute Gasteiger partial charge is 0.490 e. The molecule has 0 radical (unpaired) electrons. The van der Waals surface area contributed by atoms with Crippen molar-refractivity contribution < 1.29 is 14.1 Å². The van der Waals surface area contributed by atoms with E-state index in [4.69, 9.17) is 9.26 Å². The van der Waals surface area contributed by atoms with Gasteiger partial charge in [0.2, 0.25) is 11.7 Å². The molecule has 0 bridgehead atoms. The summed E-state index contributed by atoms with van der Waals surface area (Å²) >= 11 is 0. The van der Waals surface area contributed by atoms with Crippen molar-refractivity contribution in [3.05, 3.63) is 52.6 Å². The van der Waals surface area contributed by atoms with Crippen molar-refractivity contribution in [3.63, 3.8) is 0 Å². The van der Waals surface area contributed by atoms with Crippen molar-refractivity contribution in [1.29, 1.82) is 5.26 Å². The second kappa shape index (κ2) is 10.3. The van der Waals surface area contributed by atoms with E-state index in [0.717, 1.165) is 37.2 Å². The predicted molar refractivity (Wildman–Crippen MR) is 133 cm³/mol. The number of nitriles is 1. The van der Waals surface area contributed by atoms with Gasteiger partial charge in [-0.05, 0) is 62.1 Å². The first kappa shape index (κ1) is 24.4. The lowest BCUT2D eigenvalue weighted by Crippen LogP contribution is -2.34. The normalized spacial score (nSPS) is 13.4. The highest BCUT2D eigenvalue weighted by Gasteiger charge is 2.22. The molecule has 1 aliphatic heterocycles. The van der Waals surface area contributed by atoms with Gasteiger partial charge >= 0.3 is 0 Å². The van der Waals surface area contributed by atoms with Gasteiger partial charge in [0.25, 0.3) is 5.89 Å². The minimum atomic E-state index is -0.0254. The number of fused-ring (bicyclic) bond motifs is 1. The van der Waals surface area contributed by atoms with Gasteiger partial charge in [-0.15, -0.1) is 0 Å². The first-order chi connectivity index (χ1) is 16.8. The van der Waals surface area contributed by atoms with Crippen molar-refractivity contribution in [2.75, 3.05) is 27.2 Å². The third-order valence-corrected chi connectivity index (χ3v) is 6.28. The third-order valence-electron chi connectivity index (χ3n) is 6.28. The molecule has 0 aliphatic carbocycles. The molecule has 8 heteroatoms. The topological polar surface area (TPSA) is 95.5 Å². The Balaban J connectivity index is 1.53. The van der Waals surface area contributed by atoms with E-state index in [0.29, 0.717) is 35.0 Å². The Morgan fingerprint density at radius 3 is 2.80 bits per heavy atom. The second-order valence-corrected chi connectivity index (χ2v) is 9.35. The molecule has 3 aromatic rings. The number of hydrogen-bond donors (Lipinski definition) is 0. The predicted octanol–water partition coefficient (Wildman–Crippen LogP) is 4.21. The number of ether oxygens (including phenoxy) is 1. The van der Waals surface area contributed by atoms with Gasteiger partial charge in [0.05, 0.1) is 11.7 Å². The highest BCUT2D eigenvalue weighted by atomic mass is 16.5. The van der Waals surface area contributed by atoms with Crippen LogP contribution in [0.2, 0.25) is 0 Å². The third kappa shape index (κ3) is 5.36. The van der Waals surface area contributed by atoms with E-state index in [1.807, 2.05) is 26.0 Å². The number of benzene rings is 2. The second-order valence-electron chi connectivity index (χ2n) is 9.35. The standard InChI is InChI=1S/C27H31N5O3/c1-17(2)34-24-9-7-19(14-21(24)15-28)27-29-26(30-35-27)23-8-6-20-16-32(12-10-22(20)18(23)3)13-11-25(33)31(4)5/h6-9,14,17H,10-13,16H2,1-5H3. The fourth-order valence-corrected chi connectivity index (χ4v) is 4.37. The average Bonchev–Trinajstić information content (AvgIpc) is 3.32. The molecule has 0 saturated heterocycles. The maximum Gasteiger partial charge on any atom is 0.258 e. The number of rotatable bonds is 7. The first-order valence-corrected chi connectivity index (χ1v) is 11.9. The van der Waals surface area contributed by atoms with Crippen LogP contribution in [0.15, 0.2) is 34.9 Å². The minimum absolute atomic E-state index is 0.0254. The number of amides is 1. The fourth-order valence-electron chi connectivity index (χ4n) is 4.37. The summed E-state index contributed by atoms with van der Waals surface area (Å²) < 4.78 is 11.3. The van der Waals surface area contributed by atoms with E-state index in [1.54, 1.807) is 31.1 Å². The maximum absolute atomic E-state index is 11.9. The van der Waals surface area contributed by atoms with Crippen LogP contribution in [0, 0.1) is 18.3 Å². The van der Waals surface area contributed by atoms with E-state index >= 15 is 0 Å². The van der Waals surface area contributed by atoms with Crippen LogP contribution in [0.1, 0.15) is 42.5 Å². The summed E-state index contributed by atoms with van der Waals surface area (Å²) in [6.07, 6.45) is 1.42. The Morgan fingerprint density at radius 1 is 1.29 bits per heavy atom. The molecule has 0 spiro atoms. The summed E-state index contributed by atoms with van der Waals surface area (Å²) in [6.45, 7) is 8.44. The number of aromatic nitrogens is 2. The summed E-state index contributed by atoms with van der Waals surface area (Å²) in [4.78, 5) is 20.5.